The monoisotopic (exact) mass is 318 g/mol. The fourth-order valence-electron chi connectivity index (χ4n) is 2.39. The summed E-state index contributed by atoms with van der Waals surface area (Å²) < 4.78 is 0. The van der Waals surface area contributed by atoms with Crippen molar-refractivity contribution in [1.82, 2.24) is 10.6 Å². The van der Waals surface area contributed by atoms with Crippen molar-refractivity contribution in [1.29, 1.82) is 0 Å². The van der Waals surface area contributed by atoms with Gasteiger partial charge in [-0.05, 0) is 60.7 Å². The Morgan fingerprint density at radius 2 is 2.25 bits per heavy atom. The van der Waals surface area contributed by atoms with Crippen molar-refractivity contribution < 1.29 is 9.90 Å². The lowest BCUT2D eigenvalue weighted by atomic mass is 9.93. The summed E-state index contributed by atoms with van der Waals surface area (Å²) in [4.78, 5) is 11.7. The second-order valence-corrected chi connectivity index (χ2v) is 5.89. The fraction of sp³-hybridized carbons (Fsp3) is 0.643. The van der Waals surface area contributed by atoms with Crippen LogP contribution in [0.2, 0.25) is 0 Å². The third kappa shape index (κ3) is 5.79. The van der Waals surface area contributed by atoms with E-state index in [9.17, 15) is 9.90 Å². The van der Waals surface area contributed by atoms with Crippen LogP contribution in [0.5, 0.6) is 0 Å². The van der Waals surface area contributed by atoms with E-state index in [0.29, 0.717) is 18.9 Å². The number of amides is 1. The smallest absolute Gasteiger partial charge is 0.220 e. The predicted molar refractivity (Wildman–Crippen MR) is 84.4 cm³/mol. The third-order valence-electron chi connectivity index (χ3n) is 3.66. The summed E-state index contributed by atoms with van der Waals surface area (Å²) in [6.07, 6.45) is 3.28. The zero-order valence-corrected chi connectivity index (χ0v) is 13.1. The van der Waals surface area contributed by atoms with E-state index in [0.717, 1.165) is 25.1 Å². The van der Waals surface area contributed by atoms with Crippen molar-refractivity contribution >= 4 is 29.7 Å². The number of nitrogens with one attached hydrogen (secondary N) is 2. The lowest BCUT2D eigenvalue weighted by molar-refractivity contribution is -0.121. The number of piperidine rings is 1. The van der Waals surface area contributed by atoms with E-state index in [4.69, 9.17) is 0 Å². The molecule has 0 saturated carbocycles. The van der Waals surface area contributed by atoms with Crippen LogP contribution in [-0.4, -0.2) is 30.6 Å². The molecule has 1 fully saturated rings. The fourth-order valence-corrected chi connectivity index (χ4v) is 3.09. The zero-order valence-electron chi connectivity index (χ0n) is 11.5. The Bertz CT molecular complexity index is 381. The van der Waals surface area contributed by atoms with Crippen molar-refractivity contribution in [2.45, 2.75) is 31.8 Å². The van der Waals surface area contributed by atoms with Crippen LogP contribution in [0.1, 0.15) is 37.4 Å². The van der Waals surface area contributed by atoms with E-state index in [-0.39, 0.29) is 18.3 Å². The first-order chi connectivity index (χ1) is 9.25. The number of carbonyl (C=O) groups is 1. The van der Waals surface area contributed by atoms with E-state index in [2.05, 4.69) is 10.6 Å². The van der Waals surface area contributed by atoms with Gasteiger partial charge in [-0.2, -0.15) is 11.3 Å². The molecule has 0 bridgehead atoms. The number of aliphatic hydroxyl groups is 1. The molecule has 0 aliphatic carbocycles. The summed E-state index contributed by atoms with van der Waals surface area (Å²) in [6.45, 7) is 2.45. The first kappa shape index (κ1) is 17.4. The molecule has 1 unspecified atom stereocenters. The Morgan fingerprint density at radius 3 is 2.90 bits per heavy atom. The molecular weight excluding hydrogens is 296 g/mol. The van der Waals surface area contributed by atoms with Crippen LogP contribution < -0.4 is 10.6 Å². The van der Waals surface area contributed by atoms with Crippen LogP contribution in [-0.2, 0) is 4.79 Å². The van der Waals surface area contributed by atoms with Gasteiger partial charge in [-0.3, -0.25) is 4.79 Å². The van der Waals surface area contributed by atoms with E-state index >= 15 is 0 Å². The van der Waals surface area contributed by atoms with Crippen molar-refractivity contribution in [3.8, 4) is 0 Å². The average molecular weight is 319 g/mol. The number of rotatable bonds is 6. The molecule has 0 aromatic carbocycles. The van der Waals surface area contributed by atoms with Crippen LogP contribution in [0.25, 0.3) is 0 Å². The van der Waals surface area contributed by atoms with E-state index < -0.39 is 6.10 Å². The quantitative estimate of drug-likeness (QED) is 0.753. The molecular formula is C14H23ClN2O2S. The van der Waals surface area contributed by atoms with Gasteiger partial charge in [0.15, 0.2) is 0 Å². The van der Waals surface area contributed by atoms with Crippen LogP contribution in [0.4, 0.5) is 0 Å². The normalized spacial score (nSPS) is 17.2. The van der Waals surface area contributed by atoms with Gasteiger partial charge in [0.05, 0.1) is 6.10 Å². The molecule has 1 amide bonds. The molecule has 0 radical (unpaired) electrons. The molecule has 6 heteroatoms. The van der Waals surface area contributed by atoms with Gasteiger partial charge in [0, 0.05) is 13.0 Å². The van der Waals surface area contributed by atoms with Crippen LogP contribution >= 0.6 is 23.7 Å². The molecule has 3 N–H and O–H groups in total. The Kier molecular flexibility index (Phi) is 8.14. The maximum atomic E-state index is 11.7. The largest absolute Gasteiger partial charge is 0.387 e. The zero-order chi connectivity index (χ0) is 13.5. The van der Waals surface area contributed by atoms with Gasteiger partial charge in [0.2, 0.25) is 5.91 Å². The second kappa shape index (κ2) is 9.34. The van der Waals surface area contributed by atoms with Gasteiger partial charge >= 0.3 is 0 Å². The highest BCUT2D eigenvalue weighted by Gasteiger charge is 2.15. The minimum absolute atomic E-state index is 0. The lowest BCUT2D eigenvalue weighted by Gasteiger charge is -2.22. The molecule has 2 rings (SSSR count). The van der Waals surface area contributed by atoms with E-state index in [1.165, 1.54) is 12.8 Å². The highest BCUT2D eigenvalue weighted by Crippen LogP contribution is 2.18. The highest BCUT2D eigenvalue weighted by atomic mass is 35.5. The van der Waals surface area contributed by atoms with Crippen molar-refractivity contribution in [2.24, 2.45) is 5.92 Å². The number of hydrogen-bond acceptors (Lipinski definition) is 4. The summed E-state index contributed by atoms with van der Waals surface area (Å²) >= 11 is 1.55. The van der Waals surface area contributed by atoms with Crippen LogP contribution in [0.3, 0.4) is 0 Å². The molecule has 114 valence electrons. The van der Waals surface area contributed by atoms with Crippen LogP contribution in [0.15, 0.2) is 16.8 Å². The Labute approximate surface area is 130 Å². The molecule has 1 saturated heterocycles. The van der Waals surface area contributed by atoms with Crippen molar-refractivity contribution in [2.75, 3.05) is 19.6 Å². The summed E-state index contributed by atoms with van der Waals surface area (Å²) in [5.74, 6) is 0.724. The van der Waals surface area contributed by atoms with Gasteiger partial charge in [-0.25, -0.2) is 0 Å². The molecule has 1 aromatic rings. The number of thiophene rings is 1. The number of halogens is 1. The molecule has 1 aromatic heterocycles. The van der Waals surface area contributed by atoms with E-state index in [1.54, 1.807) is 11.3 Å². The van der Waals surface area contributed by atoms with Crippen molar-refractivity contribution in [3.05, 3.63) is 22.4 Å². The first-order valence-electron chi connectivity index (χ1n) is 6.93. The summed E-state index contributed by atoms with van der Waals surface area (Å²) in [5.41, 5.74) is 0.878. The number of hydrogen-bond donors (Lipinski definition) is 3. The topological polar surface area (TPSA) is 61.4 Å². The van der Waals surface area contributed by atoms with Gasteiger partial charge in [0.1, 0.15) is 0 Å². The summed E-state index contributed by atoms with van der Waals surface area (Å²) in [7, 11) is 0. The summed E-state index contributed by atoms with van der Waals surface area (Å²) in [5, 5.41) is 19.8. The Hall–Kier alpha value is -0.620. The summed E-state index contributed by atoms with van der Waals surface area (Å²) in [6, 6.07) is 1.89. The first-order valence-corrected chi connectivity index (χ1v) is 7.87. The second-order valence-electron chi connectivity index (χ2n) is 5.11. The van der Waals surface area contributed by atoms with Crippen molar-refractivity contribution in [3.63, 3.8) is 0 Å². The van der Waals surface area contributed by atoms with Crippen LogP contribution in [0, 0.1) is 5.92 Å². The molecule has 1 atom stereocenters. The Balaban J connectivity index is 0.00000200. The highest BCUT2D eigenvalue weighted by molar-refractivity contribution is 7.07. The number of carbonyl (C=O) groups excluding carboxylic acids is 1. The van der Waals surface area contributed by atoms with Gasteiger partial charge in [0.25, 0.3) is 0 Å². The van der Waals surface area contributed by atoms with Gasteiger partial charge in [-0.1, -0.05) is 0 Å². The Morgan fingerprint density at radius 1 is 1.50 bits per heavy atom. The molecule has 2 heterocycles. The average Bonchev–Trinajstić information content (AvgIpc) is 2.98. The van der Waals surface area contributed by atoms with Gasteiger partial charge in [-0.15, -0.1) is 12.4 Å². The predicted octanol–water partition coefficient (Wildman–Crippen LogP) is 2.10. The molecule has 20 heavy (non-hydrogen) atoms. The standard InChI is InChI=1S/C14H22N2O2S.ClH/c17-13(12-5-8-19-10-12)9-16-14(18)2-1-11-3-6-15-7-4-11;/h5,8,10-11,13,15,17H,1-4,6-7,9H2,(H,16,18);1H. The van der Waals surface area contributed by atoms with Gasteiger partial charge < -0.3 is 15.7 Å². The third-order valence-corrected chi connectivity index (χ3v) is 4.36. The molecule has 0 spiro atoms. The minimum Gasteiger partial charge on any atom is -0.387 e. The lowest BCUT2D eigenvalue weighted by Crippen LogP contribution is -2.31. The van der Waals surface area contributed by atoms with E-state index in [1.807, 2.05) is 16.8 Å². The molecule has 1 aliphatic heterocycles. The minimum atomic E-state index is -0.589. The SMILES string of the molecule is Cl.O=C(CCC1CCNCC1)NCC(O)c1ccsc1. The molecule has 4 nitrogen and oxygen atoms in total. The molecule has 1 aliphatic rings. The maximum absolute atomic E-state index is 11.7. The number of aliphatic hydroxyl groups excluding tert-OH is 1. The maximum Gasteiger partial charge on any atom is 0.220 e.